The van der Waals surface area contributed by atoms with Crippen molar-refractivity contribution in [2.75, 3.05) is 0 Å². The minimum Gasteiger partial charge on any atom is -0.289 e. The fraction of sp³-hybridized carbons (Fsp3) is 0.458. The maximum absolute atomic E-state index is 13.0. The van der Waals surface area contributed by atoms with Gasteiger partial charge in [-0.25, -0.2) is 0 Å². The van der Waals surface area contributed by atoms with Crippen LogP contribution >= 0.6 is 0 Å². The molecule has 5 aliphatic carbocycles. The fourth-order valence-corrected chi connectivity index (χ4v) is 7.19. The summed E-state index contributed by atoms with van der Waals surface area (Å²) in [5.74, 6) is 5.13. The molecule has 1 nitrogen and oxygen atoms in total. The maximum Gasteiger partial charge on any atom is 0.193 e. The van der Waals surface area contributed by atoms with Crippen LogP contribution in [-0.4, -0.2) is 5.78 Å². The summed E-state index contributed by atoms with van der Waals surface area (Å²) in [5, 5.41) is 0. The van der Waals surface area contributed by atoms with Crippen molar-refractivity contribution in [3.63, 3.8) is 0 Å². The van der Waals surface area contributed by atoms with E-state index in [2.05, 4.69) is 36.4 Å². The lowest BCUT2D eigenvalue weighted by atomic mass is 9.48. The molecule has 0 N–H and O–H groups in total. The van der Waals surface area contributed by atoms with Gasteiger partial charge < -0.3 is 0 Å². The standard InChI is InChI=1S/C24H24O/c25-24-20-7-3-1-5-18(20)23(19-6-2-4-8-21(19)24)22-16-10-14-9-15(12-16)13-17(22)11-14/h1-8,14-17,22-23H,9-13H2. The lowest BCUT2D eigenvalue weighted by molar-refractivity contribution is -0.0432. The van der Waals surface area contributed by atoms with E-state index >= 15 is 0 Å². The molecule has 4 saturated carbocycles. The second-order valence-corrected chi connectivity index (χ2v) is 8.99. The van der Waals surface area contributed by atoms with Gasteiger partial charge in [-0.3, -0.25) is 4.79 Å². The molecule has 1 heteroatoms. The van der Waals surface area contributed by atoms with Crippen LogP contribution < -0.4 is 0 Å². The predicted molar refractivity (Wildman–Crippen MR) is 98.7 cm³/mol. The summed E-state index contributed by atoms with van der Waals surface area (Å²) >= 11 is 0. The van der Waals surface area contributed by atoms with Crippen molar-refractivity contribution in [3.8, 4) is 0 Å². The zero-order valence-corrected chi connectivity index (χ0v) is 14.5. The van der Waals surface area contributed by atoms with Gasteiger partial charge in [-0.1, -0.05) is 48.5 Å². The molecule has 7 rings (SSSR count). The van der Waals surface area contributed by atoms with E-state index in [1.54, 1.807) is 0 Å². The summed E-state index contributed by atoms with van der Waals surface area (Å²) in [5.41, 5.74) is 4.53. The Kier molecular flexibility index (Phi) is 2.90. The minimum atomic E-state index is 0.228. The number of ketones is 1. The topological polar surface area (TPSA) is 17.1 Å². The summed E-state index contributed by atoms with van der Waals surface area (Å²) in [4.78, 5) is 13.0. The highest BCUT2D eigenvalue weighted by Gasteiger charge is 2.52. The maximum atomic E-state index is 13.0. The van der Waals surface area contributed by atoms with Crippen LogP contribution in [0.4, 0.5) is 0 Å². The Morgan fingerprint density at radius 1 is 0.640 bits per heavy atom. The summed E-state index contributed by atoms with van der Waals surface area (Å²) in [6.45, 7) is 0. The van der Waals surface area contributed by atoms with E-state index in [-0.39, 0.29) is 5.78 Å². The summed E-state index contributed by atoms with van der Waals surface area (Å²) in [6, 6.07) is 16.9. The SMILES string of the molecule is O=C1c2ccccc2C(C2C3CC4CC(C3)CC2C4)c2ccccc21. The normalized spacial score (nSPS) is 35.5. The van der Waals surface area contributed by atoms with Gasteiger partial charge in [-0.05, 0) is 72.8 Å². The molecule has 0 spiro atoms. The third-order valence-electron chi connectivity index (χ3n) is 7.77. The van der Waals surface area contributed by atoms with Crippen molar-refractivity contribution >= 4 is 5.78 Å². The molecule has 0 unspecified atom stereocenters. The first-order valence-electron chi connectivity index (χ1n) is 10.0. The molecule has 126 valence electrons. The molecular weight excluding hydrogens is 304 g/mol. The zero-order chi connectivity index (χ0) is 16.5. The molecule has 2 aromatic carbocycles. The van der Waals surface area contributed by atoms with E-state index in [1.807, 2.05) is 12.1 Å². The van der Waals surface area contributed by atoms with Crippen LogP contribution in [0.2, 0.25) is 0 Å². The Morgan fingerprint density at radius 2 is 1.12 bits per heavy atom. The monoisotopic (exact) mass is 328 g/mol. The van der Waals surface area contributed by atoms with E-state index in [9.17, 15) is 4.79 Å². The van der Waals surface area contributed by atoms with Gasteiger partial charge in [0, 0.05) is 17.0 Å². The van der Waals surface area contributed by atoms with Crippen molar-refractivity contribution in [2.24, 2.45) is 29.6 Å². The van der Waals surface area contributed by atoms with Crippen LogP contribution in [0.5, 0.6) is 0 Å². The second-order valence-electron chi connectivity index (χ2n) is 8.99. The number of hydrogen-bond acceptors (Lipinski definition) is 1. The van der Waals surface area contributed by atoms with Gasteiger partial charge in [-0.15, -0.1) is 0 Å². The van der Waals surface area contributed by atoms with Crippen molar-refractivity contribution < 1.29 is 4.79 Å². The largest absolute Gasteiger partial charge is 0.289 e. The first-order valence-corrected chi connectivity index (χ1v) is 10.0. The Balaban J connectivity index is 1.54. The second kappa shape index (κ2) is 5.06. The molecule has 25 heavy (non-hydrogen) atoms. The van der Waals surface area contributed by atoms with Gasteiger partial charge >= 0.3 is 0 Å². The summed E-state index contributed by atoms with van der Waals surface area (Å²) < 4.78 is 0. The lowest BCUT2D eigenvalue weighted by Gasteiger charge is -2.57. The van der Waals surface area contributed by atoms with Crippen LogP contribution in [0.1, 0.15) is 65.1 Å². The molecule has 0 amide bonds. The number of benzene rings is 2. The Morgan fingerprint density at radius 3 is 1.64 bits per heavy atom. The average Bonchev–Trinajstić information content (AvgIpc) is 2.63. The van der Waals surface area contributed by atoms with Crippen molar-refractivity contribution in [2.45, 2.75) is 38.0 Å². The average molecular weight is 328 g/mol. The minimum absolute atomic E-state index is 0.228. The molecule has 0 saturated heterocycles. The first-order chi connectivity index (χ1) is 12.3. The molecule has 0 heterocycles. The van der Waals surface area contributed by atoms with Crippen LogP contribution in [0, 0.1) is 29.6 Å². The lowest BCUT2D eigenvalue weighted by Crippen LogP contribution is -2.48. The van der Waals surface area contributed by atoms with Gasteiger partial charge in [0.1, 0.15) is 0 Å². The summed E-state index contributed by atoms with van der Waals surface area (Å²) in [7, 11) is 0. The molecular formula is C24H24O. The van der Waals surface area contributed by atoms with E-state index < -0.39 is 0 Å². The van der Waals surface area contributed by atoms with Crippen LogP contribution in [-0.2, 0) is 0 Å². The van der Waals surface area contributed by atoms with Gasteiger partial charge in [0.25, 0.3) is 0 Å². The molecule has 0 atom stereocenters. The molecule has 0 aliphatic heterocycles. The van der Waals surface area contributed by atoms with Gasteiger partial charge in [0.05, 0.1) is 0 Å². The summed E-state index contributed by atoms with van der Waals surface area (Å²) in [6.07, 6.45) is 7.24. The first kappa shape index (κ1) is 14.3. The zero-order valence-electron chi connectivity index (χ0n) is 14.5. The van der Waals surface area contributed by atoms with E-state index in [4.69, 9.17) is 0 Å². The Hall–Kier alpha value is -1.89. The van der Waals surface area contributed by atoms with Crippen molar-refractivity contribution in [3.05, 3.63) is 70.8 Å². The smallest absolute Gasteiger partial charge is 0.193 e. The third-order valence-corrected chi connectivity index (χ3v) is 7.77. The molecule has 5 aliphatic rings. The van der Waals surface area contributed by atoms with Gasteiger partial charge in [-0.2, -0.15) is 0 Å². The number of fused-ring (bicyclic) bond motifs is 2. The van der Waals surface area contributed by atoms with Gasteiger partial charge in [0.2, 0.25) is 0 Å². The van der Waals surface area contributed by atoms with Crippen LogP contribution in [0.3, 0.4) is 0 Å². The third kappa shape index (κ3) is 1.93. The number of carbonyl (C=O) groups excluding carboxylic acids is 1. The highest BCUT2D eigenvalue weighted by atomic mass is 16.1. The van der Waals surface area contributed by atoms with Crippen molar-refractivity contribution in [1.29, 1.82) is 0 Å². The highest BCUT2D eigenvalue weighted by Crippen LogP contribution is 2.61. The van der Waals surface area contributed by atoms with E-state index in [1.165, 1.54) is 43.2 Å². The Labute approximate surface area is 149 Å². The van der Waals surface area contributed by atoms with Crippen LogP contribution in [0.25, 0.3) is 0 Å². The quantitative estimate of drug-likeness (QED) is 0.681. The van der Waals surface area contributed by atoms with E-state index in [0.29, 0.717) is 5.92 Å². The van der Waals surface area contributed by atoms with E-state index in [0.717, 1.165) is 40.7 Å². The fourth-order valence-electron chi connectivity index (χ4n) is 7.19. The number of rotatable bonds is 1. The number of carbonyl (C=O) groups is 1. The molecule has 0 aromatic heterocycles. The van der Waals surface area contributed by atoms with Crippen molar-refractivity contribution in [1.82, 2.24) is 0 Å². The van der Waals surface area contributed by atoms with Crippen LogP contribution in [0.15, 0.2) is 48.5 Å². The van der Waals surface area contributed by atoms with Gasteiger partial charge in [0.15, 0.2) is 5.78 Å². The molecule has 4 fully saturated rings. The predicted octanol–water partition coefficient (Wildman–Crippen LogP) is 5.44. The number of hydrogen-bond donors (Lipinski definition) is 0. The molecule has 2 aromatic rings. The Bertz CT molecular complexity index is 786. The molecule has 0 radical (unpaired) electrons. The molecule has 4 bridgehead atoms. The highest BCUT2D eigenvalue weighted by molar-refractivity contribution is 6.12.